The van der Waals surface area contributed by atoms with Crippen molar-refractivity contribution in [2.75, 3.05) is 32.7 Å². The van der Waals surface area contributed by atoms with E-state index in [1.165, 1.54) is 78.1 Å². The predicted octanol–water partition coefficient (Wildman–Crippen LogP) is 10.8. The van der Waals surface area contributed by atoms with Crippen LogP contribution in [0, 0.1) is 23.2 Å². The Bertz CT molecular complexity index is 954. The molecular weight excluding hydrogens is 561 g/mol. The van der Waals surface area contributed by atoms with E-state index in [2.05, 4.69) is 96.1 Å². The summed E-state index contributed by atoms with van der Waals surface area (Å²) < 4.78 is 0. The van der Waals surface area contributed by atoms with Crippen LogP contribution in [0.4, 0.5) is 0 Å². The molecule has 0 amide bonds. The van der Waals surface area contributed by atoms with Crippen LogP contribution < -0.4 is 5.32 Å². The summed E-state index contributed by atoms with van der Waals surface area (Å²) in [4.78, 5) is 13.8. The minimum absolute atomic E-state index is 0.250. The number of hydrogen-bond acceptors (Lipinski definition) is 4. The molecule has 0 saturated carbocycles. The maximum atomic E-state index is 8.36. The van der Waals surface area contributed by atoms with Crippen molar-refractivity contribution in [1.29, 1.82) is 0 Å². The summed E-state index contributed by atoms with van der Waals surface area (Å²) >= 11 is 1.94. The number of unbranched alkanes of at least 4 members (excludes halogenated alkanes) is 1. The predicted molar refractivity (Wildman–Crippen MR) is 198 cm³/mol. The highest BCUT2D eigenvalue weighted by Crippen LogP contribution is 2.39. The summed E-state index contributed by atoms with van der Waals surface area (Å²) in [6, 6.07) is 0. The summed E-state index contributed by atoms with van der Waals surface area (Å²) in [5, 5.41) is 10.3. The molecule has 44 heavy (non-hydrogen) atoms. The lowest BCUT2D eigenvalue weighted by Gasteiger charge is -2.44. The highest BCUT2D eigenvalue weighted by Gasteiger charge is 2.34. The number of hydrogen-bond donors (Lipinski definition) is 2. The second kappa shape index (κ2) is 24.4. The molecule has 2 N–H and O–H groups in total. The number of allylic oxidation sites excluding steroid dienone is 6. The van der Waals surface area contributed by atoms with E-state index < -0.39 is 0 Å². The van der Waals surface area contributed by atoms with E-state index in [1.54, 1.807) is 0 Å². The molecule has 0 aromatic rings. The summed E-state index contributed by atoms with van der Waals surface area (Å²) in [6.07, 6.45) is 21.1. The molecule has 0 radical (unpaired) electrons. The van der Waals surface area contributed by atoms with Crippen LogP contribution in [0.25, 0.3) is 0 Å². The number of carbonyl (C=O) groups is 1. The Labute approximate surface area is 277 Å². The van der Waals surface area contributed by atoms with Gasteiger partial charge >= 0.3 is 0 Å². The smallest absolute Gasteiger partial charge is 0.290 e. The maximum Gasteiger partial charge on any atom is 0.290 e. The van der Waals surface area contributed by atoms with Gasteiger partial charge in [-0.15, -0.1) is 0 Å². The first kappa shape index (κ1) is 42.2. The molecule has 0 spiro atoms. The maximum absolute atomic E-state index is 8.36. The van der Waals surface area contributed by atoms with Crippen LogP contribution in [0.1, 0.15) is 114 Å². The SMILES string of the molecule is C=C/C=C(\C=C(/CCCC)C(=C)S/C(=C\C(C)CC)CN1CC(CCC)CC(C(C)(C)C)C1)C1=CCNCC1.CC.O=CO. The van der Waals surface area contributed by atoms with Crippen LogP contribution in [0.5, 0.6) is 0 Å². The number of nitrogens with one attached hydrogen (secondary N) is 1. The lowest BCUT2D eigenvalue weighted by molar-refractivity contribution is -0.122. The molecule has 252 valence electrons. The Morgan fingerprint density at radius 1 is 1.20 bits per heavy atom. The van der Waals surface area contributed by atoms with Crippen LogP contribution in [0.3, 0.4) is 0 Å². The molecule has 3 atom stereocenters. The van der Waals surface area contributed by atoms with Gasteiger partial charge in [0.2, 0.25) is 0 Å². The Kier molecular flexibility index (Phi) is 23.4. The highest BCUT2D eigenvalue weighted by atomic mass is 32.2. The van der Waals surface area contributed by atoms with Crippen LogP contribution in [0.2, 0.25) is 0 Å². The molecule has 0 aromatic heterocycles. The number of thioether (sulfide) groups is 1. The van der Waals surface area contributed by atoms with E-state index in [9.17, 15) is 0 Å². The molecular formula is C39H68N2O2S. The van der Waals surface area contributed by atoms with Gasteiger partial charge in [-0.2, -0.15) is 0 Å². The van der Waals surface area contributed by atoms with Gasteiger partial charge in [-0.3, -0.25) is 9.69 Å². The second-order valence-electron chi connectivity index (χ2n) is 13.1. The Morgan fingerprint density at radius 3 is 2.41 bits per heavy atom. The summed E-state index contributed by atoms with van der Waals surface area (Å²) in [6.45, 7) is 34.5. The second-order valence-corrected chi connectivity index (χ2v) is 14.3. The lowest BCUT2D eigenvalue weighted by atomic mass is 9.72. The Balaban J connectivity index is 0.00000347. The molecule has 2 aliphatic heterocycles. The van der Waals surface area contributed by atoms with Crippen molar-refractivity contribution in [1.82, 2.24) is 10.2 Å². The molecule has 0 aromatic carbocycles. The van der Waals surface area contributed by atoms with Gasteiger partial charge in [0.05, 0.1) is 0 Å². The molecule has 4 nitrogen and oxygen atoms in total. The van der Waals surface area contributed by atoms with E-state index in [1.807, 2.05) is 31.7 Å². The van der Waals surface area contributed by atoms with Crippen molar-refractivity contribution in [2.45, 2.75) is 114 Å². The Hall–Kier alpha value is -1.82. The monoisotopic (exact) mass is 629 g/mol. The van der Waals surface area contributed by atoms with E-state index in [-0.39, 0.29) is 6.47 Å². The number of rotatable bonds is 15. The molecule has 3 unspecified atom stereocenters. The van der Waals surface area contributed by atoms with E-state index in [0.717, 1.165) is 44.3 Å². The number of nitrogens with zero attached hydrogens (tertiary/aromatic N) is 1. The van der Waals surface area contributed by atoms with Crippen molar-refractivity contribution in [3.63, 3.8) is 0 Å². The van der Waals surface area contributed by atoms with Gasteiger partial charge in [0, 0.05) is 36.0 Å². The largest absolute Gasteiger partial charge is 0.483 e. The fraction of sp³-hybridized carbons (Fsp3) is 0.667. The minimum atomic E-state index is -0.250. The van der Waals surface area contributed by atoms with Gasteiger partial charge in [-0.25, -0.2) is 0 Å². The minimum Gasteiger partial charge on any atom is -0.483 e. The highest BCUT2D eigenvalue weighted by molar-refractivity contribution is 8.07. The zero-order valence-corrected chi connectivity index (χ0v) is 30.8. The fourth-order valence-electron chi connectivity index (χ4n) is 5.78. The van der Waals surface area contributed by atoms with Crippen LogP contribution in [-0.4, -0.2) is 49.2 Å². The average molecular weight is 629 g/mol. The lowest BCUT2D eigenvalue weighted by Crippen LogP contribution is -2.45. The molecule has 0 aliphatic carbocycles. The van der Waals surface area contributed by atoms with Gasteiger partial charge in [0.15, 0.2) is 0 Å². The fourth-order valence-corrected chi connectivity index (χ4v) is 6.94. The normalized spacial score (nSPS) is 20.8. The summed E-state index contributed by atoms with van der Waals surface area (Å²) in [7, 11) is 0. The third-order valence-electron chi connectivity index (χ3n) is 8.50. The first-order chi connectivity index (χ1) is 21.0. The van der Waals surface area contributed by atoms with E-state index in [4.69, 9.17) is 9.90 Å². The van der Waals surface area contributed by atoms with Crippen LogP contribution in [0.15, 0.2) is 70.1 Å². The first-order valence-corrected chi connectivity index (χ1v) is 18.2. The van der Waals surface area contributed by atoms with Crippen LogP contribution in [-0.2, 0) is 4.79 Å². The summed E-state index contributed by atoms with van der Waals surface area (Å²) in [5.74, 6) is 2.15. The van der Waals surface area contributed by atoms with Gasteiger partial charge in [0.25, 0.3) is 6.47 Å². The van der Waals surface area contributed by atoms with Crippen LogP contribution >= 0.6 is 11.8 Å². The standard InChI is InChI=1S/C36H60N2S.C2H6.CH2O2/c1-10-14-17-32(24-33(16-12-3)31-18-20-37-21-19-31)29(6)39-35(22-28(5)13-4)27-38-25-30(15-11-2)23-34(26-38)36(7,8)9;1-2;2-1-3/h12,16,18,22,24,28,30,34,37H,3,6,10-11,13-15,17,19-21,23,25-27H2,1-2,4-5,7-9H3;1-2H3;1H,(H,2,3)/b32-24+,33-16+,35-22-;;. The van der Waals surface area contributed by atoms with Gasteiger partial charge in [0.1, 0.15) is 0 Å². The molecule has 1 saturated heterocycles. The van der Waals surface area contributed by atoms with Gasteiger partial charge < -0.3 is 10.4 Å². The van der Waals surface area contributed by atoms with E-state index >= 15 is 0 Å². The zero-order chi connectivity index (χ0) is 33.5. The van der Waals surface area contributed by atoms with Crippen molar-refractivity contribution in [3.8, 4) is 0 Å². The molecule has 2 aliphatic rings. The topological polar surface area (TPSA) is 52.6 Å². The molecule has 5 heteroatoms. The Morgan fingerprint density at radius 2 is 1.89 bits per heavy atom. The average Bonchev–Trinajstić information content (AvgIpc) is 3.00. The third-order valence-corrected chi connectivity index (χ3v) is 9.54. The van der Waals surface area contributed by atoms with Gasteiger partial charge in [-0.1, -0.05) is 137 Å². The number of carboxylic acid groups (broad SMARTS) is 1. The van der Waals surface area contributed by atoms with Gasteiger partial charge in [-0.05, 0) is 78.5 Å². The van der Waals surface area contributed by atoms with Crippen molar-refractivity contribution >= 4 is 18.2 Å². The van der Waals surface area contributed by atoms with Crippen molar-refractivity contribution < 1.29 is 9.90 Å². The first-order valence-electron chi connectivity index (χ1n) is 17.3. The number of likely N-dealkylation sites (tertiary alicyclic amines) is 1. The summed E-state index contributed by atoms with van der Waals surface area (Å²) in [5.41, 5.74) is 4.48. The molecule has 1 fully saturated rings. The molecule has 2 rings (SSSR count). The van der Waals surface area contributed by atoms with Crippen molar-refractivity contribution in [3.05, 3.63) is 70.1 Å². The quantitative estimate of drug-likeness (QED) is 0.140. The third kappa shape index (κ3) is 17.0. The zero-order valence-electron chi connectivity index (χ0n) is 30.0. The van der Waals surface area contributed by atoms with E-state index in [0.29, 0.717) is 11.3 Å². The van der Waals surface area contributed by atoms with Crippen molar-refractivity contribution in [2.24, 2.45) is 23.2 Å². The molecule has 2 heterocycles. The molecule has 0 bridgehead atoms. The number of piperidine rings is 1.